The zero-order chi connectivity index (χ0) is 10.4. The van der Waals surface area contributed by atoms with Crippen LogP contribution in [0.15, 0.2) is 0 Å². The van der Waals surface area contributed by atoms with Crippen LogP contribution in [-0.4, -0.2) is 25.1 Å². The monoisotopic (exact) mass is 206 g/mol. The van der Waals surface area contributed by atoms with Crippen molar-refractivity contribution in [3.63, 3.8) is 0 Å². The maximum Gasteiger partial charge on any atom is 0.272 e. The molecule has 0 aromatic carbocycles. The van der Waals surface area contributed by atoms with E-state index in [-0.39, 0.29) is 12.6 Å². The van der Waals surface area contributed by atoms with Gasteiger partial charge in [-0.05, 0) is 12.8 Å². The molecule has 0 radical (unpaired) electrons. The largest absolute Gasteiger partial charge is 0.325 e. The number of alkyl halides is 2. The molecule has 84 valence electrons. The van der Waals surface area contributed by atoms with Crippen molar-refractivity contribution in [3.05, 3.63) is 0 Å². The zero-order valence-corrected chi connectivity index (χ0v) is 8.57. The van der Waals surface area contributed by atoms with E-state index < -0.39 is 12.5 Å². The van der Waals surface area contributed by atoms with Crippen LogP contribution in [0.25, 0.3) is 0 Å². The van der Waals surface area contributed by atoms with Crippen LogP contribution in [0.2, 0.25) is 0 Å². The highest BCUT2D eigenvalue weighted by molar-refractivity contribution is 4.76. The molecule has 2 nitrogen and oxygen atoms in total. The van der Waals surface area contributed by atoms with Crippen LogP contribution in [0.1, 0.15) is 38.5 Å². The number of rotatable bonds is 4. The summed E-state index contributed by atoms with van der Waals surface area (Å²) < 4.78 is 25.6. The first-order chi connectivity index (χ1) is 6.64. The van der Waals surface area contributed by atoms with Gasteiger partial charge in [-0.1, -0.05) is 25.7 Å². The summed E-state index contributed by atoms with van der Waals surface area (Å²) in [6, 6.07) is 0.273. The summed E-state index contributed by atoms with van der Waals surface area (Å²) in [5.74, 6) is -2.74. The molecule has 0 aliphatic heterocycles. The Bertz CT molecular complexity index is 154. The minimum Gasteiger partial charge on any atom is -0.325 e. The SMILES string of the molecule is NCC(F)(F)CNC1CCCCCC1. The molecule has 0 saturated heterocycles. The van der Waals surface area contributed by atoms with Crippen LogP contribution >= 0.6 is 0 Å². The Kier molecular flexibility index (Phi) is 4.75. The molecule has 0 spiro atoms. The number of hydrogen-bond acceptors (Lipinski definition) is 2. The predicted octanol–water partition coefficient (Wildman–Crippen LogP) is 1.89. The van der Waals surface area contributed by atoms with Gasteiger partial charge in [0.05, 0.1) is 13.1 Å². The number of nitrogens with one attached hydrogen (secondary N) is 1. The van der Waals surface area contributed by atoms with Crippen LogP contribution in [0, 0.1) is 0 Å². The average molecular weight is 206 g/mol. The van der Waals surface area contributed by atoms with Crippen molar-refractivity contribution in [2.24, 2.45) is 5.73 Å². The van der Waals surface area contributed by atoms with Crippen LogP contribution in [0.3, 0.4) is 0 Å². The van der Waals surface area contributed by atoms with E-state index >= 15 is 0 Å². The fraction of sp³-hybridized carbons (Fsp3) is 1.00. The van der Waals surface area contributed by atoms with Crippen LogP contribution < -0.4 is 11.1 Å². The maximum absolute atomic E-state index is 12.8. The first kappa shape index (κ1) is 11.9. The van der Waals surface area contributed by atoms with E-state index in [0.29, 0.717) is 0 Å². The normalized spacial score (nSPS) is 20.8. The summed E-state index contributed by atoms with van der Waals surface area (Å²) in [6.07, 6.45) is 6.86. The highest BCUT2D eigenvalue weighted by atomic mass is 19.3. The Morgan fingerprint density at radius 2 is 1.71 bits per heavy atom. The van der Waals surface area contributed by atoms with Gasteiger partial charge in [0.25, 0.3) is 5.92 Å². The first-order valence-corrected chi connectivity index (χ1v) is 5.45. The maximum atomic E-state index is 12.8. The molecule has 0 aromatic rings. The molecule has 1 saturated carbocycles. The van der Waals surface area contributed by atoms with Gasteiger partial charge in [0.2, 0.25) is 0 Å². The van der Waals surface area contributed by atoms with Gasteiger partial charge >= 0.3 is 0 Å². The highest BCUT2D eigenvalue weighted by Crippen LogP contribution is 2.18. The fourth-order valence-corrected chi connectivity index (χ4v) is 1.85. The lowest BCUT2D eigenvalue weighted by molar-refractivity contribution is 0.00873. The highest BCUT2D eigenvalue weighted by Gasteiger charge is 2.27. The summed E-state index contributed by atoms with van der Waals surface area (Å²) in [4.78, 5) is 0. The van der Waals surface area contributed by atoms with Crippen molar-refractivity contribution in [2.75, 3.05) is 13.1 Å². The van der Waals surface area contributed by atoms with Crippen molar-refractivity contribution in [1.29, 1.82) is 0 Å². The Hall–Kier alpha value is -0.220. The van der Waals surface area contributed by atoms with Crippen molar-refractivity contribution in [1.82, 2.24) is 5.32 Å². The number of hydrogen-bond donors (Lipinski definition) is 2. The summed E-state index contributed by atoms with van der Waals surface area (Å²) in [5.41, 5.74) is 4.96. The Morgan fingerprint density at radius 1 is 1.14 bits per heavy atom. The fourth-order valence-electron chi connectivity index (χ4n) is 1.85. The Balaban J connectivity index is 2.22. The van der Waals surface area contributed by atoms with Crippen molar-refractivity contribution >= 4 is 0 Å². The lowest BCUT2D eigenvalue weighted by Gasteiger charge is -2.20. The molecular formula is C10H20F2N2. The van der Waals surface area contributed by atoms with Gasteiger partial charge in [0, 0.05) is 6.04 Å². The topological polar surface area (TPSA) is 38.0 Å². The van der Waals surface area contributed by atoms with Crippen molar-refractivity contribution in [2.45, 2.75) is 50.5 Å². The molecule has 0 atom stereocenters. The second kappa shape index (κ2) is 5.61. The summed E-state index contributed by atoms with van der Waals surface area (Å²) in [6.45, 7) is -0.832. The lowest BCUT2D eigenvalue weighted by Crippen LogP contribution is -2.43. The van der Waals surface area contributed by atoms with E-state index in [1.54, 1.807) is 0 Å². The third-order valence-corrected chi connectivity index (χ3v) is 2.80. The predicted molar refractivity (Wildman–Crippen MR) is 53.5 cm³/mol. The Morgan fingerprint density at radius 3 is 2.21 bits per heavy atom. The summed E-state index contributed by atoms with van der Waals surface area (Å²) >= 11 is 0. The van der Waals surface area contributed by atoms with E-state index in [1.165, 1.54) is 12.8 Å². The van der Waals surface area contributed by atoms with Gasteiger partial charge in [-0.2, -0.15) is 0 Å². The lowest BCUT2D eigenvalue weighted by atomic mass is 10.1. The van der Waals surface area contributed by atoms with E-state index in [0.717, 1.165) is 25.7 Å². The minimum atomic E-state index is -2.74. The Labute approximate surface area is 84.2 Å². The molecule has 14 heavy (non-hydrogen) atoms. The quantitative estimate of drug-likeness (QED) is 0.689. The standard InChI is InChI=1S/C10H20F2N2/c11-10(12,7-13)8-14-9-5-3-1-2-4-6-9/h9,14H,1-8,13H2. The molecule has 0 aromatic heterocycles. The molecular weight excluding hydrogens is 186 g/mol. The molecule has 1 aliphatic rings. The van der Waals surface area contributed by atoms with Gasteiger partial charge in [-0.25, -0.2) is 8.78 Å². The van der Waals surface area contributed by atoms with Crippen molar-refractivity contribution in [3.8, 4) is 0 Å². The summed E-state index contributed by atoms with van der Waals surface area (Å²) in [5, 5.41) is 2.92. The van der Waals surface area contributed by atoms with Crippen LogP contribution in [0.4, 0.5) is 8.78 Å². The summed E-state index contributed by atoms with van der Waals surface area (Å²) in [7, 11) is 0. The smallest absolute Gasteiger partial charge is 0.272 e. The molecule has 0 amide bonds. The van der Waals surface area contributed by atoms with E-state index in [4.69, 9.17) is 5.73 Å². The third-order valence-electron chi connectivity index (χ3n) is 2.80. The van der Waals surface area contributed by atoms with Gasteiger partial charge in [-0.3, -0.25) is 0 Å². The van der Waals surface area contributed by atoms with Crippen LogP contribution in [0.5, 0.6) is 0 Å². The average Bonchev–Trinajstić information content (AvgIpc) is 2.43. The molecule has 1 rings (SSSR count). The van der Waals surface area contributed by atoms with Gasteiger partial charge < -0.3 is 11.1 Å². The van der Waals surface area contributed by atoms with Crippen LogP contribution in [-0.2, 0) is 0 Å². The third kappa shape index (κ3) is 4.33. The second-order valence-electron chi connectivity index (χ2n) is 4.13. The number of nitrogens with two attached hydrogens (primary N) is 1. The number of halogens is 2. The molecule has 0 bridgehead atoms. The minimum absolute atomic E-state index is 0.270. The molecule has 0 heterocycles. The molecule has 1 aliphatic carbocycles. The van der Waals surface area contributed by atoms with Gasteiger partial charge in [0.15, 0.2) is 0 Å². The second-order valence-corrected chi connectivity index (χ2v) is 4.13. The van der Waals surface area contributed by atoms with Gasteiger partial charge in [-0.15, -0.1) is 0 Å². The zero-order valence-electron chi connectivity index (χ0n) is 8.57. The molecule has 0 unspecified atom stereocenters. The van der Waals surface area contributed by atoms with E-state index in [2.05, 4.69) is 5.32 Å². The van der Waals surface area contributed by atoms with Crippen molar-refractivity contribution < 1.29 is 8.78 Å². The first-order valence-electron chi connectivity index (χ1n) is 5.45. The molecule has 3 N–H and O–H groups in total. The molecule has 4 heteroatoms. The van der Waals surface area contributed by atoms with Gasteiger partial charge in [0.1, 0.15) is 0 Å². The van der Waals surface area contributed by atoms with E-state index in [9.17, 15) is 8.78 Å². The molecule has 1 fully saturated rings. The van der Waals surface area contributed by atoms with E-state index in [1.807, 2.05) is 0 Å².